The Morgan fingerprint density at radius 1 is 1.63 bits per heavy atom. The minimum atomic E-state index is -0.661. The number of halogens is 1. The van der Waals surface area contributed by atoms with E-state index in [2.05, 4.69) is 10.5 Å². The minimum Gasteiger partial charge on any atom is -0.481 e. The molecule has 0 saturated carbocycles. The van der Waals surface area contributed by atoms with Gasteiger partial charge in [0.15, 0.2) is 6.10 Å². The Bertz CT molecular complexity index is 465. The van der Waals surface area contributed by atoms with E-state index in [0.29, 0.717) is 10.8 Å². The van der Waals surface area contributed by atoms with Gasteiger partial charge in [0.2, 0.25) is 0 Å². The van der Waals surface area contributed by atoms with Gasteiger partial charge in [0.05, 0.1) is 0 Å². The number of carbonyl (C=O) groups excluding carboxylic acids is 1. The van der Waals surface area contributed by atoms with Crippen LogP contribution in [0.1, 0.15) is 13.3 Å². The van der Waals surface area contributed by atoms with Gasteiger partial charge in [0.1, 0.15) is 11.6 Å². The van der Waals surface area contributed by atoms with Crippen LogP contribution >= 0.6 is 11.6 Å². The van der Waals surface area contributed by atoms with E-state index in [9.17, 15) is 4.79 Å². The van der Waals surface area contributed by atoms with Crippen molar-refractivity contribution in [2.45, 2.75) is 19.4 Å². The van der Waals surface area contributed by atoms with Gasteiger partial charge in [-0.25, -0.2) is 0 Å². The second-order valence-corrected chi connectivity index (χ2v) is 4.29. The van der Waals surface area contributed by atoms with E-state index in [1.54, 1.807) is 31.2 Å². The van der Waals surface area contributed by atoms with Crippen molar-refractivity contribution in [3.05, 3.63) is 29.3 Å². The molecular formula is C12H16ClN3O3. The average Bonchev–Trinajstić information content (AvgIpc) is 2.38. The van der Waals surface area contributed by atoms with Crippen LogP contribution in [-0.2, 0) is 4.79 Å². The first-order valence-corrected chi connectivity index (χ1v) is 6.07. The van der Waals surface area contributed by atoms with E-state index in [1.807, 2.05) is 0 Å². The number of oxime groups is 1. The van der Waals surface area contributed by atoms with Gasteiger partial charge < -0.3 is 21.0 Å². The van der Waals surface area contributed by atoms with E-state index < -0.39 is 6.10 Å². The molecule has 0 heterocycles. The second-order valence-electron chi connectivity index (χ2n) is 3.85. The van der Waals surface area contributed by atoms with Crippen molar-refractivity contribution in [1.29, 1.82) is 0 Å². The SMILES string of the molecule is CC(Oc1cccc(Cl)c1)C(=O)NCCC(N)=NO. The molecule has 0 aliphatic rings. The van der Waals surface area contributed by atoms with Crippen molar-refractivity contribution in [3.8, 4) is 5.75 Å². The molecule has 1 rings (SSSR count). The Morgan fingerprint density at radius 3 is 3.00 bits per heavy atom. The third-order valence-electron chi connectivity index (χ3n) is 2.29. The zero-order chi connectivity index (χ0) is 14.3. The molecule has 1 amide bonds. The molecule has 1 aromatic carbocycles. The van der Waals surface area contributed by atoms with Crippen LogP contribution in [0.5, 0.6) is 5.75 Å². The third-order valence-corrected chi connectivity index (χ3v) is 2.52. The maximum Gasteiger partial charge on any atom is 0.260 e. The molecule has 1 aromatic rings. The van der Waals surface area contributed by atoms with E-state index in [4.69, 9.17) is 27.3 Å². The molecular weight excluding hydrogens is 270 g/mol. The Labute approximate surface area is 116 Å². The van der Waals surface area contributed by atoms with Crippen LogP contribution in [0.3, 0.4) is 0 Å². The van der Waals surface area contributed by atoms with Gasteiger partial charge in [-0.2, -0.15) is 0 Å². The van der Waals surface area contributed by atoms with Crippen LogP contribution in [0.15, 0.2) is 29.4 Å². The average molecular weight is 286 g/mol. The predicted octanol–water partition coefficient (Wildman–Crippen LogP) is 1.36. The van der Waals surface area contributed by atoms with Crippen LogP contribution in [-0.4, -0.2) is 29.6 Å². The zero-order valence-electron chi connectivity index (χ0n) is 10.5. The molecule has 0 radical (unpaired) electrons. The molecule has 104 valence electrons. The van der Waals surface area contributed by atoms with Crippen LogP contribution in [0.2, 0.25) is 5.02 Å². The van der Waals surface area contributed by atoms with Gasteiger partial charge in [-0.05, 0) is 25.1 Å². The van der Waals surface area contributed by atoms with Gasteiger partial charge >= 0.3 is 0 Å². The molecule has 1 atom stereocenters. The molecule has 0 aliphatic carbocycles. The first kappa shape index (κ1) is 15.1. The van der Waals surface area contributed by atoms with Crippen molar-refractivity contribution in [1.82, 2.24) is 5.32 Å². The van der Waals surface area contributed by atoms with Crippen molar-refractivity contribution in [2.24, 2.45) is 10.9 Å². The van der Waals surface area contributed by atoms with Gasteiger partial charge in [0, 0.05) is 18.0 Å². The third kappa shape index (κ3) is 5.48. The second kappa shape index (κ2) is 7.48. The number of ether oxygens (including phenoxy) is 1. The molecule has 0 aromatic heterocycles. The molecule has 19 heavy (non-hydrogen) atoms. The van der Waals surface area contributed by atoms with Crippen LogP contribution in [0, 0.1) is 0 Å². The van der Waals surface area contributed by atoms with Gasteiger partial charge in [-0.1, -0.05) is 22.8 Å². The number of rotatable bonds is 6. The topological polar surface area (TPSA) is 96.9 Å². The molecule has 0 spiro atoms. The summed E-state index contributed by atoms with van der Waals surface area (Å²) in [6.07, 6.45) is -0.391. The molecule has 7 heteroatoms. The van der Waals surface area contributed by atoms with Crippen molar-refractivity contribution in [2.75, 3.05) is 6.54 Å². The van der Waals surface area contributed by atoms with E-state index >= 15 is 0 Å². The van der Waals surface area contributed by atoms with Gasteiger partial charge in [0.25, 0.3) is 5.91 Å². The smallest absolute Gasteiger partial charge is 0.260 e. The molecule has 6 nitrogen and oxygen atoms in total. The van der Waals surface area contributed by atoms with Crippen molar-refractivity contribution in [3.63, 3.8) is 0 Å². The highest BCUT2D eigenvalue weighted by Crippen LogP contribution is 2.18. The van der Waals surface area contributed by atoms with E-state index in [0.717, 1.165) is 0 Å². The lowest BCUT2D eigenvalue weighted by Gasteiger charge is -2.14. The molecule has 0 saturated heterocycles. The monoisotopic (exact) mass is 285 g/mol. The molecule has 4 N–H and O–H groups in total. The number of nitrogens with two attached hydrogens (primary N) is 1. The Hall–Kier alpha value is -1.95. The first-order valence-electron chi connectivity index (χ1n) is 5.69. The fourth-order valence-electron chi connectivity index (χ4n) is 1.31. The number of hydrogen-bond donors (Lipinski definition) is 3. The lowest BCUT2D eigenvalue weighted by molar-refractivity contribution is -0.127. The minimum absolute atomic E-state index is 0.0590. The molecule has 0 aliphatic heterocycles. The largest absolute Gasteiger partial charge is 0.481 e. The highest BCUT2D eigenvalue weighted by atomic mass is 35.5. The summed E-state index contributed by atoms with van der Waals surface area (Å²) in [4.78, 5) is 11.7. The highest BCUT2D eigenvalue weighted by Gasteiger charge is 2.14. The van der Waals surface area contributed by atoms with Crippen LogP contribution in [0.4, 0.5) is 0 Å². The lowest BCUT2D eigenvalue weighted by atomic mass is 10.3. The summed E-state index contributed by atoms with van der Waals surface area (Å²) in [7, 11) is 0. The maximum atomic E-state index is 11.7. The number of benzene rings is 1. The zero-order valence-corrected chi connectivity index (χ0v) is 11.2. The van der Waals surface area contributed by atoms with Crippen LogP contribution < -0.4 is 15.8 Å². The van der Waals surface area contributed by atoms with Gasteiger partial charge in [-0.15, -0.1) is 0 Å². The number of amidine groups is 1. The number of amides is 1. The summed E-state index contributed by atoms with van der Waals surface area (Å²) in [5.74, 6) is 0.293. The summed E-state index contributed by atoms with van der Waals surface area (Å²) in [5.41, 5.74) is 5.28. The highest BCUT2D eigenvalue weighted by molar-refractivity contribution is 6.30. The number of carbonyl (C=O) groups is 1. The van der Waals surface area contributed by atoms with E-state index in [-0.39, 0.29) is 24.7 Å². The molecule has 0 bridgehead atoms. The fraction of sp³-hybridized carbons (Fsp3) is 0.333. The van der Waals surface area contributed by atoms with Crippen LogP contribution in [0.25, 0.3) is 0 Å². The number of nitrogens with one attached hydrogen (secondary N) is 1. The van der Waals surface area contributed by atoms with E-state index in [1.165, 1.54) is 0 Å². The quantitative estimate of drug-likeness (QED) is 0.318. The summed E-state index contributed by atoms with van der Waals surface area (Å²) < 4.78 is 5.43. The molecule has 1 unspecified atom stereocenters. The Kier molecular flexibility index (Phi) is 5.95. The summed E-state index contributed by atoms with van der Waals surface area (Å²) in [6, 6.07) is 6.80. The standard InChI is InChI=1S/C12H16ClN3O3/c1-8(12(17)15-6-5-11(14)16-18)19-10-4-2-3-9(13)7-10/h2-4,7-8,18H,5-6H2,1H3,(H2,14,16)(H,15,17). The van der Waals surface area contributed by atoms with Gasteiger partial charge in [-0.3, -0.25) is 4.79 Å². The summed E-state index contributed by atoms with van der Waals surface area (Å²) in [6.45, 7) is 1.90. The summed E-state index contributed by atoms with van der Waals surface area (Å²) >= 11 is 5.81. The normalized spacial score (nSPS) is 12.8. The molecule has 0 fully saturated rings. The predicted molar refractivity (Wildman–Crippen MR) is 72.6 cm³/mol. The Morgan fingerprint density at radius 2 is 2.37 bits per heavy atom. The lowest BCUT2D eigenvalue weighted by Crippen LogP contribution is -2.37. The summed E-state index contributed by atoms with van der Waals surface area (Å²) in [5, 5.41) is 14.3. The van der Waals surface area contributed by atoms with Crippen molar-refractivity contribution < 1.29 is 14.7 Å². The number of hydrogen-bond acceptors (Lipinski definition) is 4. The maximum absolute atomic E-state index is 11.7. The van der Waals surface area contributed by atoms with Crippen molar-refractivity contribution >= 4 is 23.3 Å². The fourth-order valence-corrected chi connectivity index (χ4v) is 1.49. The first-order chi connectivity index (χ1) is 9.02. The Balaban J connectivity index is 2.40. The number of nitrogens with zero attached hydrogens (tertiary/aromatic N) is 1.